The number of carbonyl (C=O) groups excluding carboxylic acids is 1. The van der Waals surface area contributed by atoms with Gasteiger partial charge in [-0.1, -0.05) is 11.8 Å². The lowest BCUT2D eigenvalue weighted by Gasteiger charge is -2.08. The number of halogens is 3. The van der Waals surface area contributed by atoms with Crippen LogP contribution in [0.3, 0.4) is 0 Å². The zero-order chi connectivity index (χ0) is 15.0. The lowest BCUT2D eigenvalue weighted by atomic mass is 10.2. The van der Waals surface area contributed by atoms with Gasteiger partial charge >= 0.3 is 6.18 Å². The Morgan fingerprint density at radius 3 is 2.90 bits per heavy atom. The summed E-state index contributed by atoms with van der Waals surface area (Å²) in [7, 11) is 0. The lowest BCUT2D eigenvalue weighted by molar-refractivity contribution is -0.174. The topological polar surface area (TPSA) is 71.5 Å². The molecule has 1 heterocycles. The maximum absolute atomic E-state index is 11.8. The third-order valence-corrected chi connectivity index (χ3v) is 1.84. The Morgan fingerprint density at radius 2 is 2.25 bits per heavy atom. The van der Waals surface area contributed by atoms with Crippen LogP contribution in [0.15, 0.2) is 18.3 Å². The first-order valence-electron chi connectivity index (χ1n) is 5.41. The Labute approximate surface area is 112 Å². The minimum Gasteiger partial charge on any atom is -0.384 e. The fraction of sp³-hybridized carbons (Fsp3) is 0.333. The molecule has 1 aromatic rings. The van der Waals surface area contributed by atoms with Gasteiger partial charge in [0.2, 0.25) is 0 Å². The molecule has 0 aromatic carbocycles. The van der Waals surface area contributed by atoms with Crippen LogP contribution in [-0.2, 0) is 9.53 Å². The van der Waals surface area contributed by atoms with Crippen molar-refractivity contribution in [2.45, 2.75) is 6.18 Å². The summed E-state index contributed by atoms with van der Waals surface area (Å²) in [6.45, 7) is -2.53. The van der Waals surface area contributed by atoms with E-state index in [1.165, 1.54) is 12.3 Å². The van der Waals surface area contributed by atoms with Crippen molar-refractivity contribution in [1.82, 2.24) is 4.98 Å². The zero-order valence-electron chi connectivity index (χ0n) is 10.2. The van der Waals surface area contributed by atoms with Gasteiger partial charge in [0.25, 0.3) is 5.91 Å². The summed E-state index contributed by atoms with van der Waals surface area (Å²) in [5.74, 6) is 4.39. The number of hydrogen-bond donors (Lipinski definition) is 2. The molecule has 0 fully saturated rings. The quantitative estimate of drug-likeness (QED) is 0.809. The highest BCUT2D eigenvalue weighted by Crippen LogP contribution is 2.14. The van der Waals surface area contributed by atoms with Crippen LogP contribution in [0.4, 0.5) is 19.0 Å². The highest BCUT2D eigenvalue weighted by Gasteiger charge is 2.27. The maximum Gasteiger partial charge on any atom is 0.411 e. The van der Waals surface area contributed by atoms with Gasteiger partial charge in [0.15, 0.2) is 0 Å². The molecular weight excluding hydrogens is 277 g/mol. The molecule has 108 valence electrons. The van der Waals surface area contributed by atoms with Crippen LogP contribution in [0.2, 0.25) is 0 Å². The average molecular weight is 288 g/mol. The summed E-state index contributed by atoms with van der Waals surface area (Å²) in [5, 5.41) is 10.8. The SMILES string of the molecule is O=C(COCC(F)(F)F)Nc1cc(C#CCO)ccn1. The number of aliphatic hydroxyl groups is 1. The number of nitrogens with zero attached hydrogens (tertiary/aromatic N) is 1. The second-order valence-electron chi connectivity index (χ2n) is 3.55. The molecule has 20 heavy (non-hydrogen) atoms. The molecule has 1 aromatic heterocycles. The average Bonchev–Trinajstić information content (AvgIpc) is 2.35. The Bertz CT molecular complexity index is 521. The van der Waals surface area contributed by atoms with Gasteiger partial charge in [-0.05, 0) is 12.1 Å². The van der Waals surface area contributed by atoms with Crippen LogP contribution in [-0.4, -0.2) is 42.0 Å². The minimum atomic E-state index is -4.47. The van der Waals surface area contributed by atoms with Crippen molar-refractivity contribution in [2.24, 2.45) is 0 Å². The molecule has 8 heteroatoms. The normalized spacial score (nSPS) is 10.6. The Balaban J connectivity index is 2.49. The number of hydrogen-bond acceptors (Lipinski definition) is 4. The fourth-order valence-electron chi connectivity index (χ4n) is 1.16. The highest BCUT2D eigenvalue weighted by atomic mass is 19.4. The van der Waals surface area contributed by atoms with Crippen molar-refractivity contribution in [1.29, 1.82) is 0 Å². The largest absolute Gasteiger partial charge is 0.411 e. The zero-order valence-corrected chi connectivity index (χ0v) is 10.2. The van der Waals surface area contributed by atoms with Gasteiger partial charge in [-0.3, -0.25) is 4.79 Å². The molecule has 0 aliphatic rings. The van der Waals surface area contributed by atoms with E-state index in [2.05, 4.69) is 26.9 Å². The first kappa shape index (κ1) is 15.9. The summed E-state index contributed by atoms with van der Waals surface area (Å²) in [6.07, 6.45) is -3.11. The van der Waals surface area contributed by atoms with Gasteiger partial charge in [0, 0.05) is 11.8 Å². The molecule has 0 spiro atoms. The van der Waals surface area contributed by atoms with E-state index in [1.807, 2.05) is 0 Å². The summed E-state index contributed by atoms with van der Waals surface area (Å²) in [5.41, 5.74) is 0.501. The minimum absolute atomic E-state index is 0.135. The van der Waals surface area contributed by atoms with Gasteiger partial charge in [0.05, 0.1) is 0 Å². The third-order valence-electron chi connectivity index (χ3n) is 1.84. The summed E-state index contributed by atoms with van der Waals surface area (Å²) < 4.78 is 39.6. The molecule has 0 bridgehead atoms. The summed E-state index contributed by atoms with van der Waals surface area (Å²) in [4.78, 5) is 15.1. The molecule has 1 rings (SSSR count). The number of carbonyl (C=O) groups is 1. The Hall–Kier alpha value is -2.11. The predicted molar refractivity (Wildman–Crippen MR) is 63.7 cm³/mol. The second-order valence-corrected chi connectivity index (χ2v) is 3.55. The van der Waals surface area contributed by atoms with Crippen LogP contribution >= 0.6 is 0 Å². The van der Waals surface area contributed by atoms with E-state index in [9.17, 15) is 18.0 Å². The molecule has 5 nitrogen and oxygen atoms in total. The fourth-order valence-corrected chi connectivity index (χ4v) is 1.16. The van der Waals surface area contributed by atoms with E-state index < -0.39 is 25.3 Å². The molecule has 0 atom stereocenters. The van der Waals surface area contributed by atoms with Gasteiger partial charge in [0.1, 0.15) is 25.6 Å². The highest BCUT2D eigenvalue weighted by molar-refractivity contribution is 5.90. The van der Waals surface area contributed by atoms with Crippen molar-refractivity contribution in [3.8, 4) is 11.8 Å². The number of pyridine rings is 1. The van der Waals surface area contributed by atoms with Crippen molar-refractivity contribution in [3.05, 3.63) is 23.9 Å². The number of rotatable bonds is 4. The Kier molecular flexibility index (Phi) is 5.96. The van der Waals surface area contributed by atoms with Crippen molar-refractivity contribution >= 4 is 11.7 Å². The standard InChI is InChI=1S/C12H11F3N2O3/c13-12(14,15)8-20-7-11(19)17-10-6-9(2-1-5-18)3-4-16-10/h3-4,6,18H,5,7-8H2,(H,16,17,19). The molecule has 1 amide bonds. The molecular formula is C12H11F3N2O3. The van der Waals surface area contributed by atoms with Gasteiger partial charge in [-0.25, -0.2) is 4.98 Å². The van der Waals surface area contributed by atoms with E-state index in [0.717, 1.165) is 0 Å². The van der Waals surface area contributed by atoms with Crippen LogP contribution in [0.1, 0.15) is 5.56 Å². The van der Waals surface area contributed by atoms with E-state index in [4.69, 9.17) is 5.11 Å². The first-order valence-corrected chi connectivity index (χ1v) is 5.41. The molecule has 0 radical (unpaired) electrons. The van der Waals surface area contributed by atoms with E-state index in [-0.39, 0.29) is 12.4 Å². The smallest absolute Gasteiger partial charge is 0.384 e. The van der Waals surface area contributed by atoms with Gasteiger partial charge in [-0.2, -0.15) is 13.2 Å². The number of aliphatic hydroxyl groups excluding tert-OH is 1. The first-order chi connectivity index (χ1) is 9.40. The number of amides is 1. The van der Waals surface area contributed by atoms with Crippen LogP contribution in [0.5, 0.6) is 0 Å². The predicted octanol–water partition coefficient (Wildman–Crippen LogP) is 0.943. The van der Waals surface area contributed by atoms with Crippen LogP contribution in [0, 0.1) is 11.8 Å². The van der Waals surface area contributed by atoms with Crippen molar-refractivity contribution in [3.63, 3.8) is 0 Å². The third kappa shape index (κ3) is 6.72. The molecule has 0 saturated heterocycles. The van der Waals surface area contributed by atoms with E-state index >= 15 is 0 Å². The Morgan fingerprint density at radius 1 is 1.50 bits per heavy atom. The number of nitrogens with one attached hydrogen (secondary N) is 1. The molecule has 0 saturated carbocycles. The maximum atomic E-state index is 11.8. The number of anilines is 1. The molecule has 2 N–H and O–H groups in total. The van der Waals surface area contributed by atoms with Gasteiger partial charge in [-0.15, -0.1) is 0 Å². The van der Waals surface area contributed by atoms with Crippen molar-refractivity contribution in [2.75, 3.05) is 25.1 Å². The second kappa shape index (κ2) is 7.47. The molecule has 0 aliphatic carbocycles. The van der Waals surface area contributed by atoms with Crippen LogP contribution in [0.25, 0.3) is 0 Å². The van der Waals surface area contributed by atoms with Gasteiger partial charge < -0.3 is 15.2 Å². The number of ether oxygens (including phenoxy) is 1. The van der Waals surface area contributed by atoms with Crippen LogP contribution < -0.4 is 5.32 Å². The van der Waals surface area contributed by atoms with E-state index in [1.54, 1.807) is 6.07 Å². The van der Waals surface area contributed by atoms with Crippen molar-refractivity contribution < 1.29 is 27.8 Å². The molecule has 0 aliphatic heterocycles. The number of alkyl halides is 3. The number of aromatic nitrogens is 1. The summed E-state index contributed by atoms with van der Waals surface area (Å²) >= 11 is 0. The lowest BCUT2D eigenvalue weighted by Crippen LogP contribution is -2.24. The molecule has 0 unspecified atom stereocenters. The monoisotopic (exact) mass is 288 g/mol. The van der Waals surface area contributed by atoms with E-state index in [0.29, 0.717) is 5.56 Å². The summed E-state index contributed by atoms with van der Waals surface area (Å²) in [6, 6.07) is 2.97.